The van der Waals surface area contributed by atoms with Crippen LogP contribution in [0.25, 0.3) is 4.96 Å². The van der Waals surface area contributed by atoms with Gasteiger partial charge in [0.05, 0.1) is 24.9 Å². The van der Waals surface area contributed by atoms with Crippen molar-refractivity contribution in [3.05, 3.63) is 33.7 Å². The number of ether oxygens (including phenoxy) is 1. The normalized spacial score (nSPS) is 16.7. The number of hydrogen-bond acceptors (Lipinski definition) is 6. The van der Waals surface area contributed by atoms with Crippen molar-refractivity contribution in [1.29, 1.82) is 0 Å². The number of rotatable bonds is 5. The van der Waals surface area contributed by atoms with Gasteiger partial charge in [0, 0.05) is 37.3 Å². The van der Waals surface area contributed by atoms with E-state index in [9.17, 15) is 9.59 Å². The summed E-state index contributed by atoms with van der Waals surface area (Å²) in [7, 11) is 0. The molecule has 0 aliphatic carbocycles. The van der Waals surface area contributed by atoms with Crippen molar-refractivity contribution in [2.24, 2.45) is 5.92 Å². The van der Waals surface area contributed by atoms with Gasteiger partial charge in [-0.2, -0.15) is 0 Å². The van der Waals surface area contributed by atoms with Crippen molar-refractivity contribution in [2.75, 3.05) is 26.3 Å². The number of nitrogens with zero attached hydrogens (tertiary/aromatic N) is 3. The fourth-order valence-corrected chi connectivity index (χ4v) is 3.52. The predicted octanol–water partition coefficient (Wildman–Crippen LogP) is 0.729. The number of aromatic nitrogens is 2. The van der Waals surface area contributed by atoms with Crippen molar-refractivity contribution in [3.63, 3.8) is 0 Å². The van der Waals surface area contributed by atoms with E-state index in [0.29, 0.717) is 43.5 Å². The van der Waals surface area contributed by atoms with E-state index in [2.05, 4.69) is 10.3 Å². The SMILES string of the molecule is CC(C)[C@H](NCc1cc(=O)n2ccsc2n1)C(=O)N1CCOCC1. The van der Waals surface area contributed by atoms with Crippen LogP contribution < -0.4 is 10.9 Å². The second-order valence-electron chi connectivity index (χ2n) is 6.18. The van der Waals surface area contributed by atoms with Crippen LogP contribution in [0.2, 0.25) is 0 Å². The molecule has 1 aliphatic rings. The Morgan fingerprint density at radius 1 is 1.42 bits per heavy atom. The summed E-state index contributed by atoms with van der Waals surface area (Å²) in [5, 5.41) is 5.11. The van der Waals surface area contributed by atoms with Crippen molar-refractivity contribution in [1.82, 2.24) is 19.6 Å². The molecule has 1 N–H and O–H groups in total. The van der Waals surface area contributed by atoms with Gasteiger partial charge >= 0.3 is 0 Å². The summed E-state index contributed by atoms with van der Waals surface area (Å²) in [4.78, 5) is 31.7. The van der Waals surface area contributed by atoms with E-state index in [4.69, 9.17) is 4.74 Å². The summed E-state index contributed by atoms with van der Waals surface area (Å²) in [6.07, 6.45) is 1.71. The number of nitrogens with one attached hydrogen (secondary N) is 1. The van der Waals surface area contributed by atoms with Crippen molar-refractivity contribution >= 4 is 22.2 Å². The topological polar surface area (TPSA) is 75.9 Å². The Balaban J connectivity index is 1.70. The van der Waals surface area contributed by atoms with E-state index in [-0.39, 0.29) is 23.4 Å². The highest BCUT2D eigenvalue weighted by Crippen LogP contribution is 2.10. The first kappa shape index (κ1) is 17.1. The first-order valence-corrected chi connectivity index (χ1v) is 9.00. The maximum atomic E-state index is 12.7. The van der Waals surface area contributed by atoms with Gasteiger partial charge in [0.15, 0.2) is 4.96 Å². The number of hydrogen-bond donors (Lipinski definition) is 1. The summed E-state index contributed by atoms with van der Waals surface area (Å²) < 4.78 is 6.83. The van der Waals surface area contributed by atoms with Gasteiger partial charge in [-0.25, -0.2) is 4.98 Å². The molecule has 0 spiro atoms. The van der Waals surface area contributed by atoms with Gasteiger partial charge in [0.2, 0.25) is 5.91 Å². The van der Waals surface area contributed by atoms with Crippen molar-refractivity contribution < 1.29 is 9.53 Å². The summed E-state index contributed by atoms with van der Waals surface area (Å²) in [5.41, 5.74) is 0.557. The van der Waals surface area contributed by atoms with Crippen LogP contribution in [0, 0.1) is 5.92 Å². The average molecular weight is 350 g/mol. The lowest BCUT2D eigenvalue weighted by Crippen LogP contribution is -2.52. The molecular weight excluding hydrogens is 328 g/mol. The second-order valence-corrected chi connectivity index (χ2v) is 7.05. The zero-order valence-corrected chi connectivity index (χ0v) is 14.7. The molecule has 1 amide bonds. The van der Waals surface area contributed by atoms with Crippen LogP contribution in [0.5, 0.6) is 0 Å². The number of thiazole rings is 1. The highest BCUT2D eigenvalue weighted by atomic mass is 32.1. The third-order valence-corrected chi connectivity index (χ3v) is 4.87. The van der Waals surface area contributed by atoms with E-state index in [1.54, 1.807) is 6.20 Å². The Hall–Kier alpha value is -1.77. The highest BCUT2D eigenvalue weighted by Gasteiger charge is 2.27. The van der Waals surface area contributed by atoms with Crippen LogP contribution in [0.15, 0.2) is 22.4 Å². The third-order valence-electron chi connectivity index (χ3n) is 4.11. The van der Waals surface area contributed by atoms with E-state index in [0.717, 1.165) is 0 Å². The molecule has 1 fully saturated rings. The molecule has 2 aromatic heterocycles. The number of amides is 1. The van der Waals surface area contributed by atoms with Crippen molar-refractivity contribution in [2.45, 2.75) is 26.4 Å². The molecule has 24 heavy (non-hydrogen) atoms. The minimum Gasteiger partial charge on any atom is -0.378 e. The molecule has 0 bridgehead atoms. The van der Waals surface area contributed by atoms with E-state index < -0.39 is 0 Å². The molecule has 7 nitrogen and oxygen atoms in total. The largest absolute Gasteiger partial charge is 0.378 e. The zero-order chi connectivity index (χ0) is 17.1. The summed E-state index contributed by atoms with van der Waals surface area (Å²) in [5.74, 6) is 0.231. The molecule has 1 atom stereocenters. The van der Waals surface area contributed by atoms with Crippen LogP contribution in [-0.2, 0) is 16.1 Å². The molecular formula is C16H22N4O3S. The Morgan fingerprint density at radius 2 is 2.17 bits per heavy atom. The Bertz CT molecular complexity index is 764. The van der Waals surface area contributed by atoms with Gasteiger partial charge in [0.25, 0.3) is 5.56 Å². The molecule has 8 heteroatoms. The van der Waals surface area contributed by atoms with Crippen LogP contribution in [0.3, 0.4) is 0 Å². The molecule has 2 aromatic rings. The maximum absolute atomic E-state index is 12.7. The number of carbonyl (C=O) groups is 1. The van der Waals surface area contributed by atoms with E-state index >= 15 is 0 Å². The van der Waals surface area contributed by atoms with Crippen LogP contribution in [0.4, 0.5) is 0 Å². The maximum Gasteiger partial charge on any atom is 0.258 e. The molecule has 3 rings (SSSR count). The fourth-order valence-electron chi connectivity index (χ4n) is 2.78. The van der Waals surface area contributed by atoms with Gasteiger partial charge in [-0.1, -0.05) is 13.8 Å². The predicted molar refractivity (Wildman–Crippen MR) is 92.2 cm³/mol. The molecule has 1 saturated heterocycles. The van der Waals surface area contributed by atoms with Gasteiger partial charge < -0.3 is 9.64 Å². The zero-order valence-electron chi connectivity index (χ0n) is 13.9. The quantitative estimate of drug-likeness (QED) is 0.860. The minimum atomic E-state index is -0.299. The van der Waals surface area contributed by atoms with Gasteiger partial charge in [-0.05, 0) is 5.92 Å². The molecule has 0 radical (unpaired) electrons. The number of morpholine rings is 1. The molecule has 0 unspecified atom stereocenters. The lowest BCUT2D eigenvalue weighted by molar-refractivity contribution is -0.138. The Kier molecular flexibility index (Phi) is 5.27. The van der Waals surface area contributed by atoms with E-state index in [1.165, 1.54) is 21.8 Å². The Morgan fingerprint density at radius 3 is 2.88 bits per heavy atom. The third kappa shape index (κ3) is 3.66. The summed E-state index contributed by atoms with van der Waals surface area (Å²) in [6.45, 7) is 6.85. The smallest absolute Gasteiger partial charge is 0.258 e. The lowest BCUT2D eigenvalue weighted by atomic mass is 10.0. The average Bonchev–Trinajstić information content (AvgIpc) is 3.04. The Labute approximate surface area is 144 Å². The fraction of sp³-hybridized carbons (Fsp3) is 0.562. The second kappa shape index (κ2) is 7.42. The lowest BCUT2D eigenvalue weighted by Gasteiger charge is -2.32. The van der Waals surface area contributed by atoms with Gasteiger partial charge in [-0.3, -0.25) is 19.3 Å². The molecule has 0 aromatic carbocycles. The van der Waals surface area contributed by atoms with Gasteiger partial charge in [-0.15, -0.1) is 11.3 Å². The highest BCUT2D eigenvalue weighted by molar-refractivity contribution is 7.15. The minimum absolute atomic E-state index is 0.0854. The van der Waals surface area contributed by atoms with Crippen LogP contribution in [0.1, 0.15) is 19.5 Å². The number of fused-ring (bicyclic) bond motifs is 1. The van der Waals surface area contributed by atoms with E-state index in [1.807, 2.05) is 24.1 Å². The van der Waals surface area contributed by atoms with Crippen LogP contribution in [-0.4, -0.2) is 52.5 Å². The number of carbonyl (C=O) groups excluding carboxylic acids is 1. The molecule has 130 valence electrons. The summed E-state index contributed by atoms with van der Waals surface area (Å²) >= 11 is 1.42. The molecule has 1 aliphatic heterocycles. The van der Waals surface area contributed by atoms with Crippen molar-refractivity contribution in [3.8, 4) is 0 Å². The standard InChI is InChI=1S/C16H22N4O3S/c1-11(2)14(15(22)19-3-6-23-7-4-19)17-10-12-9-13(21)20-5-8-24-16(20)18-12/h5,8-9,11,14,17H,3-4,6-7,10H2,1-2H3/t14-/m0/s1. The van der Waals surface area contributed by atoms with Gasteiger partial charge in [0.1, 0.15) is 0 Å². The first-order chi connectivity index (χ1) is 11.6. The monoisotopic (exact) mass is 350 g/mol. The first-order valence-electron chi connectivity index (χ1n) is 8.12. The molecule has 3 heterocycles. The molecule has 0 saturated carbocycles. The summed E-state index contributed by atoms with van der Waals surface area (Å²) in [6, 6.07) is 1.22. The van der Waals surface area contributed by atoms with Crippen LogP contribution >= 0.6 is 11.3 Å².